The first-order valence-electron chi connectivity index (χ1n) is 7.06. The number of amides is 1. The Kier molecular flexibility index (Phi) is 6.14. The Bertz CT molecular complexity index is 578. The molecule has 0 unspecified atom stereocenters. The van der Waals surface area contributed by atoms with E-state index in [9.17, 15) is 14.4 Å². The summed E-state index contributed by atoms with van der Waals surface area (Å²) in [6.45, 7) is 7.58. The number of aromatic amines is 1. The molecule has 0 saturated carbocycles. The molecule has 0 fully saturated rings. The van der Waals surface area contributed by atoms with Crippen LogP contribution in [-0.2, 0) is 9.53 Å². The summed E-state index contributed by atoms with van der Waals surface area (Å²) >= 11 is 0. The second-order valence-electron chi connectivity index (χ2n) is 4.87. The van der Waals surface area contributed by atoms with Gasteiger partial charge >= 0.3 is 5.97 Å². The first-order chi connectivity index (χ1) is 9.90. The van der Waals surface area contributed by atoms with E-state index in [1.165, 1.54) is 4.90 Å². The number of aromatic nitrogens is 1. The predicted octanol–water partition coefficient (Wildman–Crippen LogP) is 1.41. The molecule has 1 rings (SSSR count). The number of esters is 1. The Morgan fingerprint density at radius 3 is 2.48 bits per heavy atom. The number of pyridine rings is 1. The Morgan fingerprint density at radius 1 is 1.29 bits per heavy atom. The molecule has 1 N–H and O–H groups in total. The second-order valence-corrected chi connectivity index (χ2v) is 4.87. The zero-order chi connectivity index (χ0) is 16.0. The lowest BCUT2D eigenvalue weighted by molar-refractivity contribution is -0.143. The molecule has 1 heterocycles. The van der Waals surface area contributed by atoms with Crippen LogP contribution < -0.4 is 5.56 Å². The van der Waals surface area contributed by atoms with Gasteiger partial charge in [-0.1, -0.05) is 6.92 Å². The van der Waals surface area contributed by atoms with Crippen LogP contribution in [0, 0.1) is 13.8 Å². The maximum atomic E-state index is 12.5. The molecule has 0 bridgehead atoms. The van der Waals surface area contributed by atoms with Gasteiger partial charge in [0.15, 0.2) is 0 Å². The third-order valence-corrected chi connectivity index (χ3v) is 2.99. The van der Waals surface area contributed by atoms with Gasteiger partial charge in [-0.3, -0.25) is 14.4 Å². The largest absolute Gasteiger partial charge is 0.465 e. The van der Waals surface area contributed by atoms with Crippen LogP contribution in [-0.4, -0.2) is 41.5 Å². The predicted molar refractivity (Wildman–Crippen MR) is 79.4 cm³/mol. The molecule has 6 heteroatoms. The fourth-order valence-corrected chi connectivity index (χ4v) is 2.16. The lowest BCUT2D eigenvalue weighted by atomic mass is 10.1. The van der Waals surface area contributed by atoms with E-state index in [-0.39, 0.29) is 18.7 Å². The molecule has 0 aliphatic carbocycles. The Labute approximate surface area is 124 Å². The SMILES string of the molecule is CCCN(CC(=O)OCC)C(=O)c1c(C)cc(C)[nH]c1=O. The van der Waals surface area contributed by atoms with Crippen molar-refractivity contribution in [3.8, 4) is 0 Å². The van der Waals surface area contributed by atoms with Crippen molar-refractivity contribution in [3.05, 3.63) is 33.2 Å². The standard InChI is InChI=1S/C15H22N2O4/c1-5-7-17(9-12(18)21-6-2)15(20)13-10(3)8-11(4)16-14(13)19/h8H,5-7,9H2,1-4H3,(H,16,19). The summed E-state index contributed by atoms with van der Waals surface area (Å²) in [6.07, 6.45) is 0.688. The van der Waals surface area contributed by atoms with E-state index in [2.05, 4.69) is 4.98 Å². The molecule has 0 radical (unpaired) electrons. The van der Waals surface area contributed by atoms with Gasteiger partial charge in [-0.15, -0.1) is 0 Å². The number of ether oxygens (including phenoxy) is 1. The van der Waals surface area contributed by atoms with Crippen molar-refractivity contribution in [1.82, 2.24) is 9.88 Å². The van der Waals surface area contributed by atoms with Gasteiger partial charge in [0.25, 0.3) is 11.5 Å². The zero-order valence-electron chi connectivity index (χ0n) is 13.0. The van der Waals surface area contributed by atoms with Crippen molar-refractivity contribution < 1.29 is 14.3 Å². The average molecular weight is 294 g/mol. The summed E-state index contributed by atoms with van der Waals surface area (Å²) in [7, 11) is 0. The molecule has 116 valence electrons. The van der Waals surface area contributed by atoms with Gasteiger partial charge in [-0.2, -0.15) is 0 Å². The number of rotatable bonds is 6. The van der Waals surface area contributed by atoms with E-state index in [4.69, 9.17) is 4.74 Å². The van der Waals surface area contributed by atoms with E-state index in [1.807, 2.05) is 6.92 Å². The van der Waals surface area contributed by atoms with Crippen LogP contribution in [0.5, 0.6) is 0 Å². The van der Waals surface area contributed by atoms with Crippen LogP contribution >= 0.6 is 0 Å². The quantitative estimate of drug-likeness (QED) is 0.804. The zero-order valence-corrected chi connectivity index (χ0v) is 13.0. The van der Waals surface area contributed by atoms with E-state index >= 15 is 0 Å². The van der Waals surface area contributed by atoms with Crippen molar-refractivity contribution in [2.24, 2.45) is 0 Å². The number of carbonyl (C=O) groups excluding carboxylic acids is 2. The maximum Gasteiger partial charge on any atom is 0.325 e. The number of hydrogen-bond donors (Lipinski definition) is 1. The van der Waals surface area contributed by atoms with Crippen LogP contribution in [0.1, 0.15) is 41.9 Å². The molecule has 0 atom stereocenters. The molecule has 0 aliphatic heterocycles. The average Bonchev–Trinajstić information content (AvgIpc) is 2.37. The third-order valence-electron chi connectivity index (χ3n) is 2.99. The molecule has 0 aromatic carbocycles. The van der Waals surface area contributed by atoms with Gasteiger partial charge in [0, 0.05) is 12.2 Å². The molecule has 6 nitrogen and oxygen atoms in total. The van der Waals surface area contributed by atoms with E-state index in [1.54, 1.807) is 26.8 Å². The van der Waals surface area contributed by atoms with Gasteiger partial charge in [-0.25, -0.2) is 0 Å². The molecule has 1 aromatic heterocycles. The minimum Gasteiger partial charge on any atom is -0.465 e. The number of H-pyrrole nitrogens is 1. The number of hydrogen-bond acceptors (Lipinski definition) is 4. The summed E-state index contributed by atoms with van der Waals surface area (Å²) in [5.41, 5.74) is 0.952. The first kappa shape index (κ1) is 16.9. The second kappa shape index (κ2) is 7.61. The minimum absolute atomic E-state index is 0.0818. The van der Waals surface area contributed by atoms with Crippen molar-refractivity contribution in [2.45, 2.75) is 34.1 Å². The molecule has 0 aliphatic rings. The molecule has 0 saturated heterocycles. The van der Waals surface area contributed by atoms with Crippen LogP contribution in [0.4, 0.5) is 0 Å². The van der Waals surface area contributed by atoms with Gasteiger partial charge in [0.2, 0.25) is 0 Å². The summed E-state index contributed by atoms with van der Waals surface area (Å²) in [5.74, 6) is -0.913. The highest BCUT2D eigenvalue weighted by Crippen LogP contribution is 2.08. The number of nitrogens with zero attached hydrogens (tertiary/aromatic N) is 1. The summed E-state index contributed by atoms with van der Waals surface area (Å²) in [4.78, 5) is 40.1. The number of nitrogens with one attached hydrogen (secondary N) is 1. The summed E-state index contributed by atoms with van der Waals surface area (Å²) in [5, 5.41) is 0. The lowest BCUT2D eigenvalue weighted by Gasteiger charge is -2.21. The molecule has 21 heavy (non-hydrogen) atoms. The first-order valence-corrected chi connectivity index (χ1v) is 7.06. The highest BCUT2D eigenvalue weighted by molar-refractivity contribution is 5.96. The van der Waals surface area contributed by atoms with Gasteiger partial charge < -0.3 is 14.6 Å². The number of carbonyl (C=O) groups is 2. The topological polar surface area (TPSA) is 79.5 Å². The van der Waals surface area contributed by atoms with E-state index < -0.39 is 17.4 Å². The van der Waals surface area contributed by atoms with E-state index in [0.29, 0.717) is 24.2 Å². The molecular formula is C15H22N2O4. The third kappa shape index (κ3) is 4.44. The van der Waals surface area contributed by atoms with Gasteiger partial charge in [-0.05, 0) is 38.8 Å². The Hall–Kier alpha value is -2.11. The highest BCUT2D eigenvalue weighted by atomic mass is 16.5. The van der Waals surface area contributed by atoms with E-state index in [0.717, 1.165) is 0 Å². The lowest BCUT2D eigenvalue weighted by Crippen LogP contribution is -2.40. The van der Waals surface area contributed by atoms with Crippen LogP contribution in [0.3, 0.4) is 0 Å². The van der Waals surface area contributed by atoms with Crippen LogP contribution in [0.15, 0.2) is 10.9 Å². The molecule has 0 spiro atoms. The number of aryl methyl sites for hydroxylation is 2. The maximum absolute atomic E-state index is 12.5. The fourth-order valence-electron chi connectivity index (χ4n) is 2.16. The Balaban J connectivity index is 3.06. The smallest absolute Gasteiger partial charge is 0.325 e. The molecular weight excluding hydrogens is 272 g/mol. The van der Waals surface area contributed by atoms with Gasteiger partial charge in [0.1, 0.15) is 12.1 Å². The van der Waals surface area contributed by atoms with Crippen molar-refractivity contribution in [3.63, 3.8) is 0 Å². The monoisotopic (exact) mass is 294 g/mol. The van der Waals surface area contributed by atoms with Gasteiger partial charge in [0.05, 0.1) is 6.61 Å². The Morgan fingerprint density at radius 2 is 1.95 bits per heavy atom. The molecule has 1 amide bonds. The minimum atomic E-state index is -0.472. The highest BCUT2D eigenvalue weighted by Gasteiger charge is 2.23. The fraction of sp³-hybridized carbons (Fsp3) is 0.533. The van der Waals surface area contributed by atoms with Crippen molar-refractivity contribution >= 4 is 11.9 Å². The van der Waals surface area contributed by atoms with Crippen molar-refractivity contribution in [2.75, 3.05) is 19.7 Å². The summed E-state index contributed by atoms with van der Waals surface area (Å²) < 4.78 is 4.87. The van der Waals surface area contributed by atoms with Crippen LogP contribution in [0.2, 0.25) is 0 Å². The molecule has 1 aromatic rings. The van der Waals surface area contributed by atoms with Crippen molar-refractivity contribution in [1.29, 1.82) is 0 Å². The summed E-state index contributed by atoms with van der Waals surface area (Å²) in [6, 6.07) is 1.74. The van der Waals surface area contributed by atoms with Crippen LogP contribution in [0.25, 0.3) is 0 Å². The normalized spacial score (nSPS) is 10.3.